The van der Waals surface area contributed by atoms with Crippen LogP contribution < -0.4 is 4.78 Å². The Labute approximate surface area is 67.5 Å². The van der Waals surface area contributed by atoms with Crippen LogP contribution in [0.1, 0.15) is 0 Å². The molecule has 0 saturated carbocycles. The van der Waals surface area contributed by atoms with Crippen LogP contribution in [0.15, 0.2) is 10.1 Å². The van der Waals surface area contributed by atoms with Gasteiger partial charge in [-0.25, -0.2) is 4.98 Å². The van der Waals surface area contributed by atoms with Gasteiger partial charge in [-0.05, 0) is 20.7 Å². The highest BCUT2D eigenvalue weighted by Crippen LogP contribution is 2.17. The minimum absolute atomic E-state index is 0.265. The van der Waals surface area contributed by atoms with Crippen LogP contribution in [-0.2, 0) is 0 Å². The number of thiazole rings is 1. The lowest BCUT2D eigenvalue weighted by atomic mass is 9.91. The molecule has 0 aliphatic heterocycles. The van der Waals surface area contributed by atoms with Gasteiger partial charge in [0.25, 0.3) is 0 Å². The van der Waals surface area contributed by atoms with Gasteiger partial charge in [-0.15, -0.1) is 11.3 Å². The standard InChI is InChI=1S/C3HBBrF3NS/c5-3-9-1-2(10-3)4(6,7)8/h1H/q-1. The Balaban J connectivity index is 2.96. The van der Waals surface area contributed by atoms with Gasteiger partial charge >= 0.3 is 6.98 Å². The Morgan fingerprint density at radius 2 is 2.10 bits per heavy atom. The van der Waals surface area contributed by atoms with Crippen molar-refractivity contribution in [1.82, 2.24) is 4.98 Å². The summed E-state index contributed by atoms with van der Waals surface area (Å²) in [5, 5.41) is 0. The molecule has 0 radical (unpaired) electrons. The molecule has 0 spiro atoms. The zero-order valence-electron chi connectivity index (χ0n) is 4.52. The van der Waals surface area contributed by atoms with Crippen molar-refractivity contribution >= 4 is 39.0 Å². The predicted molar refractivity (Wildman–Crippen MR) is 38.5 cm³/mol. The molecule has 1 nitrogen and oxygen atoms in total. The Morgan fingerprint density at radius 3 is 2.30 bits per heavy atom. The van der Waals surface area contributed by atoms with E-state index in [-0.39, 0.29) is 3.92 Å². The highest BCUT2D eigenvalue weighted by atomic mass is 79.9. The molecule has 1 aromatic rings. The first-order valence-electron chi connectivity index (χ1n) is 2.31. The number of nitrogens with zero attached hydrogens (tertiary/aromatic N) is 1. The van der Waals surface area contributed by atoms with Crippen molar-refractivity contribution in [2.24, 2.45) is 0 Å². The van der Waals surface area contributed by atoms with Crippen LogP contribution in [0.25, 0.3) is 0 Å². The maximum atomic E-state index is 11.8. The van der Waals surface area contributed by atoms with Crippen molar-refractivity contribution in [2.75, 3.05) is 0 Å². The molecule has 56 valence electrons. The summed E-state index contributed by atoms with van der Waals surface area (Å²) in [6.07, 6.45) is 0.828. The summed E-state index contributed by atoms with van der Waals surface area (Å²) in [5.74, 6) is 0. The Morgan fingerprint density at radius 1 is 1.50 bits per heavy atom. The van der Waals surface area contributed by atoms with Crippen LogP contribution in [0.4, 0.5) is 12.9 Å². The van der Waals surface area contributed by atoms with Crippen molar-refractivity contribution < 1.29 is 12.9 Å². The average Bonchev–Trinajstić information content (AvgIpc) is 2.11. The fourth-order valence-corrected chi connectivity index (χ4v) is 1.62. The molecule has 1 heterocycles. The topological polar surface area (TPSA) is 12.9 Å². The summed E-state index contributed by atoms with van der Waals surface area (Å²) in [6, 6.07) is 0. The third-order valence-corrected chi connectivity index (χ3v) is 2.39. The molecule has 0 unspecified atom stereocenters. The monoisotopic (exact) mass is 230 g/mol. The van der Waals surface area contributed by atoms with Gasteiger partial charge in [0.05, 0.1) is 0 Å². The molecule has 7 heteroatoms. The molecule has 1 rings (SSSR count). The third-order valence-electron chi connectivity index (χ3n) is 0.818. The molecule has 1 aromatic heterocycles. The van der Waals surface area contributed by atoms with Gasteiger partial charge in [0.1, 0.15) is 0 Å². The average molecular weight is 231 g/mol. The van der Waals surface area contributed by atoms with E-state index in [0.717, 1.165) is 6.20 Å². The lowest BCUT2D eigenvalue weighted by Gasteiger charge is -2.08. The summed E-state index contributed by atoms with van der Waals surface area (Å²) in [6.45, 7) is -4.86. The number of halogens is 4. The van der Waals surface area contributed by atoms with Crippen LogP contribution in [-0.4, -0.2) is 12.0 Å². The van der Waals surface area contributed by atoms with E-state index in [1.54, 1.807) is 0 Å². The van der Waals surface area contributed by atoms with Gasteiger partial charge in [0.15, 0.2) is 3.92 Å². The zero-order valence-corrected chi connectivity index (χ0v) is 6.92. The summed E-state index contributed by atoms with van der Waals surface area (Å²) < 4.78 is 35.1. The largest absolute Gasteiger partial charge is 0.521 e. The van der Waals surface area contributed by atoms with E-state index in [1.165, 1.54) is 0 Å². The van der Waals surface area contributed by atoms with Gasteiger partial charge in [0, 0.05) is 6.20 Å². The van der Waals surface area contributed by atoms with Crippen LogP contribution in [0, 0.1) is 0 Å². The SMILES string of the molecule is F[B-](F)(F)c1cnc(Br)s1. The van der Waals surface area contributed by atoms with E-state index in [0.29, 0.717) is 11.3 Å². The Hall–Kier alpha value is -0.0351. The number of aromatic nitrogens is 1. The minimum atomic E-state index is -4.86. The summed E-state index contributed by atoms with van der Waals surface area (Å²) in [7, 11) is 0. The molecule has 10 heavy (non-hydrogen) atoms. The highest BCUT2D eigenvalue weighted by Gasteiger charge is 2.27. The lowest BCUT2D eigenvalue weighted by Crippen LogP contribution is -2.30. The van der Waals surface area contributed by atoms with Gasteiger partial charge < -0.3 is 12.9 Å². The lowest BCUT2D eigenvalue weighted by molar-refractivity contribution is 0.502. The van der Waals surface area contributed by atoms with Gasteiger partial charge in [-0.3, -0.25) is 0 Å². The van der Waals surface area contributed by atoms with Crippen molar-refractivity contribution in [2.45, 2.75) is 0 Å². The van der Waals surface area contributed by atoms with Crippen LogP contribution in [0.2, 0.25) is 0 Å². The molecule has 0 aromatic carbocycles. The summed E-state index contributed by atoms with van der Waals surface area (Å²) in [4.78, 5) is 3.41. The predicted octanol–water partition coefficient (Wildman–Crippen LogP) is 1.96. The van der Waals surface area contributed by atoms with E-state index in [1.807, 2.05) is 0 Å². The smallest absolute Gasteiger partial charge is 0.444 e. The molecular weight excluding hydrogens is 230 g/mol. The van der Waals surface area contributed by atoms with Crippen molar-refractivity contribution in [3.8, 4) is 0 Å². The van der Waals surface area contributed by atoms with Crippen molar-refractivity contribution in [1.29, 1.82) is 0 Å². The molecule has 0 aliphatic rings. The molecule has 0 fully saturated rings. The van der Waals surface area contributed by atoms with Crippen molar-refractivity contribution in [3.05, 3.63) is 10.1 Å². The molecule has 0 aliphatic carbocycles. The molecular formula is C3HBBrF3NS-. The third kappa shape index (κ3) is 1.73. The maximum absolute atomic E-state index is 11.8. The second kappa shape index (κ2) is 2.54. The molecule has 0 saturated heterocycles. The first-order chi connectivity index (χ1) is 4.50. The van der Waals surface area contributed by atoms with Gasteiger partial charge in [0.2, 0.25) is 0 Å². The minimum Gasteiger partial charge on any atom is -0.444 e. The zero-order chi connectivity index (χ0) is 7.78. The van der Waals surface area contributed by atoms with E-state index < -0.39 is 11.8 Å². The summed E-state index contributed by atoms with van der Waals surface area (Å²) >= 11 is 3.44. The molecule has 0 atom stereocenters. The molecule has 0 bridgehead atoms. The molecule has 0 amide bonds. The van der Waals surface area contributed by atoms with Crippen LogP contribution >= 0.6 is 27.3 Å². The first-order valence-corrected chi connectivity index (χ1v) is 3.92. The van der Waals surface area contributed by atoms with Crippen LogP contribution in [0.5, 0.6) is 0 Å². The second-order valence-corrected chi connectivity index (χ2v) is 3.93. The summed E-state index contributed by atoms with van der Waals surface area (Å²) in [5.41, 5.74) is 0. The van der Waals surface area contributed by atoms with E-state index >= 15 is 0 Å². The Bertz CT molecular complexity index is 234. The Kier molecular flexibility index (Phi) is 2.05. The fraction of sp³-hybridized carbons (Fsp3) is 0. The normalized spacial score (nSPS) is 12.0. The van der Waals surface area contributed by atoms with E-state index in [4.69, 9.17) is 0 Å². The van der Waals surface area contributed by atoms with Gasteiger partial charge in [-0.1, -0.05) is 0 Å². The van der Waals surface area contributed by atoms with Crippen molar-refractivity contribution in [3.63, 3.8) is 0 Å². The number of hydrogen-bond donors (Lipinski definition) is 0. The van der Waals surface area contributed by atoms with Gasteiger partial charge in [-0.2, -0.15) is 0 Å². The first kappa shape index (κ1) is 8.07. The highest BCUT2D eigenvalue weighted by molar-refractivity contribution is 9.11. The quantitative estimate of drug-likeness (QED) is 0.673. The van der Waals surface area contributed by atoms with E-state index in [2.05, 4.69) is 20.9 Å². The fourth-order valence-electron chi connectivity index (χ4n) is 0.416. The second-order valence-electron chi connectivity index (χ2n) is 1.59. The number of rotatable bonds is 1. The molecule has 0 N–H and O–H groups in total. The van der Waals surface area contributed by atoms with E-state index in [9.17, 15) is 12.9 Å². The number of hydrogen-bond acceptors (Lipinski definition) is 2. The maximum Gasteiger partial charge on any atom is 0.521 e. The van der Waals surface area contributed by atoms with Crippen LogP contribution in [0.3, 0.4) is 0 Å².